The van der Waals surface area contributed by atoms with Crippen LogP contribution in [0.5, 0.6) is 0 Å². The lowest BCUT2D eigenvalue weighted by Crippen LogP contribution is -2.01. The summed E-state index contributed by atoms with van der Waals surface area (Å²) in [6, 6.07) is 9.93. The van der Waals surface area contributed by atoms with Gasteiger partial charge in [0.05, 0.1) is 26.8 Å². The minimum Gasteiger partial charge on any atom is -0.369 e. The van der Waals surface area contributed by atoms with E-state index in [0.717, 1.165) is 0 Å². The highest BCUT2D eigenvalue weighted by molar-refractivity contribution is 6.32. The van der Waals surface area contributed by atoms with Gasteiger partial charge in [-0.25, -0.2) is 9.37 Å². The third-order valence-corrected chi connectivity index (χ3v) is 3.43. The van der Waals surface area contributed by atoms with Crippen LogP contribution in [0.1, 0.15) is 0 Å². The van der Waals surface area contributed by atoms with Crippen molar-refractivity contribution in [1.29, 1.82) is 0 Å². The second-order valence-corrected chi connectivity index (χ2v) is 4.83. The molecule has 1 aromatic heterocycles. The van der Waals surface area contributed by atoms with E-state index < -0.39 is 5.82 Å². The maximum Gasteiger partial charge on any atom is 0.205 e. The number of aromatic nitrogens is 2. The van der Waals surface area contributed by atoms with Crippen LogP contribution in [0.2, 0.25) is 10.0 Å². The van der Waals surface area contributed by atoms with Crippen LogP contribution in [-0.4, -0.2) is 9.55 Å². The molecule has 0 aliphatic carbocycles. The lowest BCUT2D eigenvalue weighted by Gasteiger charge is -2.08. The van der Waals surface area contributed by atoms with Gasteiger partial charge in [0, 0.05) is 6.07 Å². The van der Waals surface area contributed by atoms with Crippen molar-refractivity contribution in [2.45, 2.75) is 0 Å². The fraction of sp³-hybridized carbons (Fsp3) is 0. The summed E-state index contributed by atoms with van der Waals surface area (Å²) in [5, 5.41) is 0.537. The minimum atomic E-state index is -0.530. The number of fused-ring (bicyclic) bond motifs is 1. The second-order valence-electron chi connectivity index (χ2n) is 4.01. The van der Waals surface area contributed by atoms with E-state index in [2.05, 4.69) is 4.98 Å². The molecule has 3 nitrogen and oxygen atoms in total. The predicted octanol–water partition coefficient (Wildman–Crippen LogP) is 4.05. The zero-order valence-electron chi connectivity index (χ0n) is 9.57. The van der Waals surface area contributed by atoms with Gasteiger partial charge in [-0.2, -0.15) is 0 Å². The molecule has 0 unspecified atom stereocenters. The van der Waals surface area contributed by atoms with Gasteiger partial charge in [-0.15, -0.1) is 0 Å². The van der Waals surface area contributed by atoms with Gasteiger partial charge in [0.1, 0.15) is 5.82 Å². The average molecular weight is 296 g/mol. The molecule has 6 heteroatoms. The lowest BCUT2D eigenvalue weighted by atomic mass is 10.2. The summed E-state index contributed by atoms with van der Waals surface area (Å²) in [5.41, 5.74) is 7.59. The molecular weight excluding hydrogens is 288 g/mol. The second kappa shape index (κ2) is 4.40. The summed E-state index contributed by atoms with van der Waals surface area (Å²) >= 11 is 12.0. The number of nitrogen functional groups attached to an aromatic ring is 1. The highest BCUT2D eigenvalue weighted by Crippen LogP contribution is 2.30. The van der Waals surface area contributed by atoms with Gasteiger partial charge >= 0.3 is 0 Å². The monoisotopic (exact) mass is 295 g/mol. The first kappa shape index (κ1) is 12.3. The zero-order valence-corrected chi connectivity index (χ0v) is 11.1. The minimum absolute atomic E-state index is 0.0145. The van der Waals surface area contributed by atoms with E-state index in [0.29, 0.717) is 21.7 Å². The van der Waals surface area contributed by atoms with Gasteiger partial charge in [0.2, 0.25) is 5.95 Å². The molecule has 0 amide bonds. The van der Waals surface area contributed by atoms with Crippen LogP contribution in [0.25, 0.3) is 16.7 Å². The summed E-state index contributed by atoms with van der Waals surface area (Å²) in [6.45, 7) is 0. The van der Waals surface area contributed by atoms with Gasteiger partial charge in [0.25, 0.3) is 0 Å². The molecule has 2 aromatic carbocycles. The van der Waals surface area contributed by atoms with Crippen molar-refractivity contribution in [3.05, 3.63) is 52.3 Å². The van der Waals surface area contributed by atoms with Gasteiger partial charge in [-0.1, -0.05) is 35.3 Å². The summed E-state index contributed by atoms with van der Waals surface area (Å²) in [4.78, 5) is 4.12. The Labute approximate surface area is 118 Å². The third kappa shape index (κ3) is 1.93. The SMILES string of the molecule is Nc1nc2cc(F)c(Cl)cc2n1-c1ccccc1Cl. The molecule has 0 saturated heterocycles. The van der Waals surface area contributed by atoms with Crippen LogP contribution in [0.3, 0.4) is 0 Å². The molecule has 0 atom stereocenters. The first-order chi connectivity index (χ1) is 9.08. The average Bonchev–Trinajstić information content (AvgIpc) is 2.66. The van der Waals surface area contributed by atoms with E-state index in [1.54, 1.807) is 16.7 Å². The number of nitrogens with two attached hydrogens (primary N) is 1. The molecule has 0 bridgehead atoms. The maximum atomic E-state index is 13.4. The highest BCUT2D eigenvalue weighted by atomic mass is 35.5. The maximum absolute atomic E-state index is 13.4. The number of anilines is 1. The van der Waals surface area contributed by atoms with Crippen molar-refractivity contribution in [2.75, 3.05) is 5.73 Å². The quantitative estimate of drug-likeness (QED) is 0.736. The van der Waals surface area contributed by atoms with Crippen LogP contribution in [-0.2, 0) is 0 Å². The molecular formula is C13H8Cl2FN3. The van der Waals surface area contributed by atoms with Crippen molar-refractivity contribution in [2.24, 2.45) is 0 Å². The summed E-state index contributed by atoms with van der Waals surface area (Å²) in [5.74, 6) is -0.303. The Kier molecular flexibility index (Phi) is 2.84. The standard InChI is InChI=1S/C13H8Cl2FN3/c14-7-3-1-2-4-11(7)19-12-5-8(15)9(16)6-10(12)18-13(19)17/h1-6H,(H2,17,18). The number of rotatable bonds is 1. The molecule has 0 fully saturated rings. The highest BCUT2D eigenvalue weighted by Gasteiger charge is 2.14. The van der Waals surface area contributed by atoms with E-state index in [9.17, 15) is 4.39 Å². The normalized spacial score (nSPS) is 11.1. The number of halogens is 3. The molecule has 96 valence electrons. The van der Waals surface area contributed by atoms with Gasteiger partial charge < -0.3 is 5.73 Å². The smallest absolute Gasteiger partial charge is 0.205 e. The summed E-state index contributed by atoms with van der Waals surface area (Å²) in [6.07, 6.45) is 0. The van der Waals surface area contributed by atoms with Gasteiger partial charge in [0.15, 0.2) is 0 Å². The van der Waals surface area contributed by atoms with Crippen molar-refractivity contribution in [1.82, 2.24) is 9.55 Å². The Balaban J connectivity index is 2.38. The largest absolute Gasteiger partial charge is 0.369 e. The molecule has 2 N–H and O–H groups in total. The topological polar surface area (TPSA) is 43.8 Å². The molecule has 0 aliphatic rings. The predicted molar refractivity (Wildman–Crippen MR) is 75.5 cm³/mol. The van der Waals surface area contributed by atoms with E-state index in [4.69, 9.17) is 28.9 Å². The Morgan fingerprint density at radius 1 is 1.11 bits per heavy atom. The van der Waals surface area contributed by atoms with Crippen LogP contribution in [0.15, 0.2) is 36.4 Å². The van der Waals surface area contributed by atoms with E-state index in [-0.39, 0.29) is 11.0 Å². The molecule has 1 heterocycles. The van der Waals surface area contributed by atoms with Gasteiger partial charge in [-0.3, -0.25) is 4.57 Å². The molecule has 0 radical (unpaired) electrons. The fourth-order valence-electron chi connectivity index (χ4n) is 1.98. The number of imidazole rings is 1. The molecule has 3 rings (SSSR count). The summed E-state index contributed by atoms with van der Waals surface area (Å²) < 4.78 is 15.1. The van der Waals surface area contributed by atoms with Crippen molar-refractivity contribution in [3.8, 4) is 5.69 Å². The molecule has 0 aliphatic heterocycles. The number of hydrogen-bond donors (Lipinski definition) is 1. The van der Waals surface area contributed by atoms with Crippen molar-refractivity contribution in [3.63, 3.8) is 0 Å². The lowest BCUT2D eigenvalue weighted by molar-refractivity contribution is 0.630. The van der Waals surface area contributed by atoms with Crippen molar-refractivity contribution >= 4 is 40.2 Å². The number of nitrogens with zero attached hydrogens (tertiary/aromatic N) is 2. The molecule has 19 heavy (non-hydrogen) atoms. The van der Waals surface area contributed by atoms with E-state index in [1.165, 1.54) is 12.1 Å². The number of benzene rings is 2. The first-order valence-electron chi connectivity index (χ1n) is 5.46. The van der Waals surface area contributed by atoms with Crippen LogP contribution in [0, 0.1) is 5.82 Å². The first-order valence-corrected chi connectivity index (χ1v) is 6.21. The van der Waals surface area contributed by atoms with Crippen LogP contribution >= 0.6 is 23.2 Å². The van der Waals surface area contributed by atoms with Crippen LogP contribution < -0.4 is 5.73 Å². The Bertz CT molecular complexity index is 783. The molecule has 3 aromatic rings. The number of para-hydroxylation sites is 1. The van der Waals surface area contributed by atoms with E-state index >= 15 is 0 Å². The Morgan fingerprint density at radius 3 is 2.58 bits per heavy atom. The van der Waals surface area contributed by atoms with Crippen LogP contribution in [0.4, 0.5) is 10.3 Å². The third-order valence-electron chi connectivity index (χ3n) is 2.82. The molecule has 0 spiro atoms. The Hall–Kier alpha value is -1.78. The van der Waals surface area contributed by atoms with Crippen molar-refractivity contribution < 1.29 is 4.39 Å². The fourth-order valence-corrected chi connectivity index (χ4v) is 2.36. The summed E-state index contributed by atoms with van der Waals surface area (Å²) in [7, 11) is 0. The molecule has 0 saturated carbocycles. The van der Waals surface area contributed by atoms with E-state index in [1.807, 2.05) is 12.1 Å². The van der Waals surface area contributed by atoms with Gasteiger partial charge in [-0.05, 0) is 18.2 Å². The number of hydrogen-bond acceptors (Lipinski definition) is 2. The Morgan fingerprint density at radius 2 is 1.84 bits per heavy atom. The zero-order chi connectivity index (χ0) is 13.6.